The van der Waals surface area contributed by atoms with Gasteiger partial charge in [-0.05, 0) is 24.9 Å². The predicted molar refractivity (Wildman–Crippen MR) is 73.0 cm³/mol. The molecule has 2 N–H and O–H groups in total. The van der Waals surface area contributed by atoms with Gasteiger partial charge >= 0.3 is 0 Å². The number of aromatic amines is 1. The summed E-state index contributed by atoms with van der Waals surface area (Å²) in [4.78, 5) is 21.5. The molecule has 1 unspecified atom stereocenters. The van der Waals surface area contributed by atoms with Gasteiger partial charge in [-0.15, -0.1) is 11.3 Å². The molecular weight excluding hydrogens is 248 g/mol. The van der Waals surface area contributed by atoms with Crippen LogP contribution in [0.3, 0.4) is 0 Å². The lowest BCUT2D eigenvalue weighted by atomic mass is 10.3. The van der Waals surface area contributed by atoms with E-state index in [0.29, 0.717) is 10.7 Å². The molecule has 2 aromatic heterocycles. The van der Waals surface area contributed by atoms with E-state index in [4.69, 9.17) is 0 Å². The second kappa shape index (κ2) is 4.79. The maximum absolute atomic E-state index is 11.8. The van der Waals surface area contributed by atoms with Crippen LogP contribution in [0.15, 0.2) is 16.2 Å². The van der Waals surface area contributed by atoms with Crippen molar-refractivity contribution in [2.45, 2.75) is 19.0 Å². The number of likely N-dealkylation sites (N-methyl/N-ethyl adjacent to an activating group) is 1. The normalized spacial score (nSPS) is 20.8. The van der Waals surface area contributed by atoms with Gasteiger partial charge < -0.3 is 10.3 Å². The summed E-state index contributed by atoms with van der Waals surface area (Å²) in [5.74, 6) is 0.766. The number of nitrogens with one attached hydrogen (secondary N) is 2. The summed E-state index contributed by atoms with van der Waals surface area (Å²) in [6.45, 7) is 2.79. The SMILES string of the molecule is CNC1CCN(Cc2nc3ccsc3c(=O)[nH]2)C1. The minimum Gasteiger partial charge on any atom is -0.316 e. The lowest BCUT2D eigenvalue weighted by Gasteiger charge is -2.14. The first-order valence-corrected chi connectivity index (χ1v) is 7.00. The van der Waals surface area contributed by atoms with Gasteiger partial charge in [-0.2, -0.15) is 0 Å². The van der Waals surface area contributed by atoms with Crippen LogP contribution in [-0.4, -0.2) is 41.0 Å². The molecule has 96 valence electrons. The molecule has 0 bridgehead atoms. The second-order valence-corrected chi connectivity index (χ2v) is 5.57. The number of thiophene rings is 1. The molecule has 1 atom stereocenters. The van der Waals surface area contributed by atoms with Gasteiger partial charge in [0.15, 0.2) is 0 Å². The summed E-state index contributed by atoms with van der Waals surface area (Å²) < 4.78 is 0.716. The Balaban J connectivity index is 1.81. The standard InChI is InChI=1S/C12H16N4OS/c1-13-8-2-4-16(6-8)7-10-14-9-3-5-18-11(9)12(17)15-10/h3,5,8,13H,2,4,6-7H2,1H3,(H,14,15,17). The Kier molecular flexibility index (Phi) is 3.15. The third-order valence-electron chi connectivity index (χ3n) is 3.42. The largest absolute Gasteiger partial charge is 0.316 e. The molecule has 6 heteroatoms. The molecule has 5 nitrogen and oxygen atoms in total. The van der Waals surface area contributed by atoms with Crippen LogP contribution in [0.5, 0.6) is 0 Å². The lowest BCUT2D eigenvalue weighted by Crippen LogP contribution is -2.30. The third-order valence-corrected chi connectivity index (χ3v) is 4.32. The molecular formula is C12H16N4OS. The van der Waals surface area contributed by atoms with Crippen LogP contribution in [0.2, 0.25) is 0 Å². The number of hydrogen-bond donors (Lipinski definition) is 2. The monoisotopic (exact) mass is 264 g/mol. The zero-order valence-corrected chi connectivity index (χ0v) is 11.1. The van der Waals surface area contributed by atoms with Gasteiger partial charge in [0.05, 0.1) is 12.1 Å². The van der Waals surface area contributed by atoms with E-state index in [9.17, 15) is 4.79 Å². The van der Waals surface area contributed by atoms with E-state index in [1.807, 2.05) is 18.5 Å². The highest BCUT2D eigenvalue weighted by molar-refractivity contribution is 7.17. The zero-order chi connectivity index (χ0) is 12.5. The first-order valence-electron chi connectivity index (χ1n) is 6.12. The molecule has 1 aliphatic heterocycles. The van der Waals surface area contributed by atoms with Gasteiger partial charge in [0.25, 0.3) is 5.56 Å². The molecule has 1 aliphatic rings. The van der Waals surface area contributed by atoms with Gasteiger partial charge in [-0.1, -0.05) is 0 Å². The van der Waals surface area contributed by atoms with Crippen LogP contribution in [0.1, 0.15) is 12.2 Å². The maximum atomic E-state index is 11.8. The molecule has 3 rings (SSSR count). The lowest BCUT2D eigenvalue weighted by molar-refractivity contribution is 0.314. The summed E-state index contributed by atoms with van der Waals surface area (Å²) in [7, 11) is 1.99. The van der Waals surface area contributed by atoms with E-state index < -0.39 is 0 Å². The predicted octanol–water partition coefficient (Wildman–Crippen LogP) is 0.778. The molecule has 1 fully saturated rings. The van der Waals surface area contributed by atoms with Crippen molar-refractivity contribution in [2.24, 2.45) is 0 Å². The van der Waals surface area contributed by atoms with E-state index in [1.165, 1.54) is 11.3 Å². The molecule has 0 aliphatic carbocycles. The highest BCUT2D eigenvalue weighted by Crippen LogP contribution is 2.15. The van der Waals surface area contributed by atoms with Crippen LogP contribution in [-0.2, 0) is 6.54 Å². The zero-order valence-electron chi connectivity index (χ0n) is 10.3. The van der Waals surface area contributed by atoms with Gasteiger partial charge in [0.2, 0.25) is 0 Å². The summed E-state index contributed by atoms with van der Waals surface area (Å²) in [5.41, 5.74) is 0.789. The Bertz CT molecular complexity index is 605. The van der Waals surface area contributed by atoms with Gasteiger partial charge in [-0.3, -0.25) is 9.69 Å². The fourth-order valence-electron chi connectivity index (χ4n) is 2.42. The molecule has 0 spiro atoms. The van der Waals surface area contributed by atoms with E-state index in [2.05, 4.69) is 20.2 Å². The Morgan fingerprint density at radius 2 is 2.56 bits per heavy atom. The molecule has 0 saturated carbocycles. The smallest absolute Gasteiger partial charge is 0.268 e. The number of fused-ring (bicyclic) bond motifs is 1. The van der Waals surface area contributed by atoms with Crippen LogP contribution < -0.4 is 10.9 Å². The molecule has 18 heavy (non-hydrogen) atoms. The van der Waals surface area contributed by atoms with Gasteiger partial charge in [-0.25, -0.2) is 4.98 Å². The Hall–Kier alpha value is -1.24. The van der Waals surface area contributed by atoms with Crippen molar-refractivity contribution in [3.63, 3.8) is 0 Å². The van der Waals surface area contributed by atoms with Crippen molar-refractivity contribution in [2.75, 3.05) is 20.1 Å². The third kappa shape index (κ3) is 2.19. The number of hydrogen-bond acceptors (Lipinski definition) is 5. The first-order chi connectivity index (χ1) is 8.76. The molecule has 0 radical (unpaired) electrons. The number of likely N-dealkylation sites (tertiary alicyclic amines) is 1. The summed E-state index contributed by atoms with van der Waals surface area (Å²) >= 11 is 1.44. The highest BCUT2D eigenvalue weighted by atomic mass is 32.1. The fourth-order valence-corrected chi connectivity index (χ4v) is 3.15. The number of nitrogens with zero attached hydrogens (tertiary/aromatic N) is 2. The average Bonchev–Trinajstić information content (AvgIpc) is 2.97. The minimum absolute atomic E-state index is 0.0191. The topological polar surface area (TPSA) is 61.0 Å². The Labute approximate surface area is 109 Å². The van der Waals surface area contributed by atoms with Crippen molar-refractivity contribution < 1.29 is 0 Å². The quantitative estimate of drug-likeness (QED) is 0.860. The summed E-state index contributed by atoms with van der Waals surface area (Å²) in [6, 6.07) is 2.46. The average molecular weight is 264 g/mol. The fraction of sp³-hybridized carbons (Fsp3) is 0.500. The van der Waals surface area contributed by atoms with Crippen molar-refractivity contribution in [1.29, 1.82) is 0 Å². The summed E-state index contributed by atoms with van der Waals surface area (Å²) in [5, 5.41) is 5.19. The maximum Gasteiger partial charge on any atom is 0.268 e. The molecule has 3 heterocycles. The number of H-pyrrole nitrogens is 1. The molecule has 0 aromatic carbocycles. The summed E-state index contributed by atoms with van der Waals surface area (Å²) in [6.07, 6.45) is 1.15. The minimum atomic E-state index is -0.0191. The van der Waals surface area contributed by atoms with E-state index in [-0.39, 0.29) is 5.56 Å². The van der Waals surface area contributed by atoms with Gasteiger partial charge in [0.1, 0.15) is 10.5 Å². The Morgan fingerprint density at radius 3 is 3.33 bits per heavy atom. The van der Waals surface area contributed by atoms with Crippen molar-refractivity contribution in [3.05, 3.63) is 27.6 Å². The molecule has 2 aromatic rings. The van der Waals surface area contributed by atoms with E-state index in [1.54, 1.807) is 0 Å². The molecule has 1 saturated heterocycles. The van der Waals surface area contributed by atoms with Crippen LogP contribution in [0, 0.1) is 0 Å². The van der Waals surface area contributed by atoms with Crippen LogP contribution >= 0.6 is 11.3 Å². The van der Waals surface area contributed by atoms with Crippen molar-refractivity contribution >= 4 is 21.6 Å². The molecule has 0 amide bonds. The van der Waals surface area contributed by atoms with Crippen molar-refractivity contribution in [3.8, 4) is 0 Å². The second-order valence-electron chi connectivity index (χ2n) is 4.66. The van der Waals surface area contributed by atoms with E-state index >= 15 is 0 Å². The van der Waals surface area contributed by atoms with E-state index in [0.717, 1.165) is 37.4 Å². The number of aromatic nitrogens is 2. The van der Waals surface area contributed by atoms with Gasteiger partial charge in [0, 0.05) is 19.1 Å². The first kappa shape index (κ1) is 11.8. The van der Waals surface area contributed by atoms with Crippen LogP contribution in [0.4, 0.5) is 0 Å². The van der Waals surface area contributed by atoms with Crippen molar-refractivity contribution in [1.82, 2.24) is 20.2 Å². The van der Waals surface area contributed by atoms with Crippen LogP contribution in [0.25, 0.3) is 10.2 Å². The Morgan fingerprint density at radius 1 is 1.67 bits per heavy atom. The highest BCUT2D eigenvalue weighted by Gasteiger charge is 2.21. The number of rotatable bonds is 3.